The number of benzene rings is 2. The first-order valence-electron chi connectivity index (χ1n) is 13.5. The molecule has 0 radical (unpaired) electrons. The molecule has 1 fully saturated rings. The number of nitrogens with one attached hydrogen (secondary N) is 1. The van der Waals surface area contributed by atoms with Crippen LogP contribution in [0.1, 0.15) is 36.0 Å². The highest BCUT2D eigenvalue weighted by atomic mass is 19.3. The first-order valence-corrected chi connectivity index (χ1v) is 13.5. The molecule has 1 aliphatic heterocycles. The molecule has 0 spiro atoms. The van der Waals surface area contributed by atoms with Crippen molar-refractivity contribution in [2.45, 2.75) is 49.2 Å². The normalized spacial score (nSPS) is 22.1. The van der Waals surface area contributed by atoms with Gasteiger partial charge in [-0.2, -0.15) is 5.26 Å². The van der Waals surface area contributed by atoms with Gasteiger partial charge in [0, 0.05) is 42.9 Å². The number of aryl methyl sites for hydroxylation is 1. The summed E-state index contributed by atoms with van der Waals surface area (Å²) in [5.74, 6) is -7.67. The maximum atomic E-state index is 14.7. The predicted molar refractivity (Wildman–Crippen MR) is 146 cm³/mol. The molecule has 0 saturated heterocycles. The maximum absolute atomic E-state index is 14.7. The lowest BCUT2D eigenvalue weighted by Crippen LogP contribution is -2.64. The summed E-state index contributed by atoms with van der Waals surface area (Å²) in [4.78, 5) is 48.2. The number of pyridine rings is 1. The minimum Gasteiger partial charge on any atom is -0.351 e. The predicted octanol–water partition coefficient (Wildman–Crippen LogP) is 4.29. The summed E-state index contributed by atoms with van der Waals surface area (Å²) in [6, 6.07) is 11.9. The average molecular weight is 590 g/mol. The number of halogens is 4. The molecule has 2 heterocycles. The van der Waals surface area contributed by atoms with Crippen LogP contribution in [0.5, 0.6) is 0 Å². The lowest BCUT2D eigenvalue weighted by atomic mass is 9.83. The molecule has 2 atom stereocenters. The lowest BCUT2D eigenvalue weighted by Gasteiger charge is -2.44. The minimum atomic E-state index is -2.94. The molecule has 0 bridgehead atoms. The zero-order valence-corrected chi connectivity index (χ0v) is 22.4. The van der Waals surface area contributed by atoms with E-state index in [9.17, 15) is 37.2 Å². The summed E-state index contributed by atoms with van der Waals surface area (Å²) in [5, 5.41) is 12.0. The summed E-state index contributed by atoms with van der Waals surface area (Å²) in [7, 11) is 0. The van der Waals surface area contributed by atoms with Crippen molar-refractivity contribution in [1.29, 1.82) is 5.26 Å². The Bertz CT molecular complexity index is 1730. The van der Waals surface area contributed by atoms with E-state index in [0.717, 1.165) is 34.1 Å². The third-order valence-corrected chi connectivity index (χ3v) is 8.09. The Morgan fingerprint density at radius 3 is 2.56 bits per heavy atom. The zero-order valence-electron chi connectivity index (χ0n) is 22.4. The van der Waals surface area contributed by atoms with Crippen LogP contribution in [0, 0.1) is 23.0 Å². The number of anilines is 2. The molecule has 12 heteroatoms. The molecule has 3 aliphatic rings. The second kappa shape index (κ2) is 10.3. The van der Waals surface area contributed by atoms with E-state index < -0.39 is 65.7 Å². The van der Waals surface area contributed by atoms with E-state index in [-0.39, 0.29) is 23.5 Å². The van der Waals surface area contributed by atoms with E-state index in [2.05, 4.69) is 10.3 Å². The van der Waals surface area contributed by atoms with Gasteiger partial charge >= 0.3 is 0 Å². The van der Waals surface area contributed by atoms with Crippen LogP contribution < -0.4 is 15.1 Å². The van der Waals surface area contributed by atoms with Gasteiger partial charge in [0.15, 0.2) is 17.2 Å². The fourth-order valence-corrected chi connectivity index (χ4v) is 6.07. The van der Waals surface area contributed by atoms with Gasteiger partial charge in [-0.25, -0.2) is 22.5 Å². The third kappa shape index (κ3) is 4.70. The number of nitriles is 1. The molecule has 1 N–H and O–H groups in total. The van der Waals surface area contributed by atoms with Crippen molar-refractivity contribution < 1.29 is 31.9 Å². The van der Waals surface area contributed by atoms with Crippen LogP contribution >= 0.6 is 0 Å². The molecule has 2 aromatic carbocycles. The van der Waals surface area contributed by atoms with Crippen LogP contribution in [-0.4, -0.2) is 40.7 Å². The van der Waals surface area contributed by atoms with Crippen molar-refractivity contribution in [2.24, 2.45) is 0 Å². The minimum absolute atomic E-state index is 0.00141. The number of aromatic nitrogens is 1. The van der Waals surface area contributed by atoms with Crippen LogP contribution in [0.25, 0.3) is 0 Å². The second-order valence-electron chi connectivity index (χ2n) is 10.8. The molecular weight excluding hydrogens is 566 g/mol. The molecule has 3 amide bonds. The highest BCUT2D eigenvalue weighted by molar-refractivity contribution is 6.16. The molecule has 1 aromatic heterocycles. The van der Waals surface area contributed by atoms with Gasteiger partial charge in [-0.15, -0.1) is 0 Å². The topological polar surface area (TPSA) is 106 Å². The van der Waals surface area contributed by atoms with Gasteiger partial charge in [0.25, 0.3) is 23.6 Å². The molecule has 3 aromatic rings. The molecule has 218 valence electrons. The first-order chi connectivity index (χ1) is 20.5. The van der Waals surface area contributed by atoms with Gasteiger partial charge in [0.05, 0.1) is 11.6 Å². The number of carbonyl (C=O) groups excluding carboxylic acids is 3. The van der Waals surface area contributed by atoms with Crippen LogP contribution in [0.3, 0.4) is 0 Å². The van der Waals surface area contributed by atoms with E-state index in [1.807, 2.05) is 6.07 Å². The Hall–Kier alpha value is -5.05. The van der Waals surface area contributed by atoms with Crippen LogP contribution in [-0.2, 0) is 26.3 Å². The summed E-state index contributed by atoms with van der Waals surface area (Å²) in [6.45, 7) is 0. The summed E-state index contributed by atoms with van der Waals surface area (Å²) < 4.78 is 56.3. The molecular formula is C31H23F4N5O3. The summed E-state index contributed by atoms with van der Waals surface area (Å²) >= 11 is 0. The van der Waals surface area contributed by atoms with Crippen molar-refractivity contribution in [3.8, 4) is 6.07 Å². The SMILES string of the molecule is N#Cc1ccnc(N2C(=O)C=C[C@H]2C(=O)N(c2ccc(F)c(F)c2)[C@]2(C(=O)NC3CC(F)(F)C3)CCc3ccccc32)c1. The Labute approximate surface area is 243 Å². The van der Waals surface area contributed by atoms with Crippen molar-refractivity contribution >= 4 is 29.2 Å². The van der Waals surface area contributed by atoms with Crippen molar-refractivity contribution in [1.82, 2.24) is 10.3 Å². The zero-order chi connectivity index (χ0) is 30.5. The summed E-state index contributed by atoms with van der Waals surface area (Å²) in [6.07, 6.45) is 2.88. The number of fused-ring (bicyclic) bond motifs is 1. The van der Waals surface area contributed by atoms with Crippen molar-refractivity contribution in [2.75, 3.05) is 9.80 Å². The number of nitrogens with zero attached hydrogens (tertiary/aromatic N) is 4. The van der Waals surface area contributed by atoms with Crippen molar-refractivity contribution in [3.05, 3.63) is 101 Å². The Morgan fingerprint density at radius 2 is 1.84 bits per heavy atom. The van der Waals surface area contributed by atoms with Gasteiger partial charge in [-0.1, -0.05) is 24.3 Å². The fourth-order valence-electron chi connectivity index (χ4n) is 6.07. The quantitative estimate of drug-likeness (QED) is 0.432. The van der Waals surface area contributed by atoms with Gasteiger partial charge in [-0.05, 0) is 54.3 Å². The highest BCUT2D eigenvalue weighted by Crippen LogP contribution is 2.46. The van der Waals surface area contributed by atoms with Gasteiger partial charge in [0.2, 0.25) is 0 Å². The highest BCUT2D eigenvalue weighted by Gasteiger charge is 2.56. The van der Waals surface area contributed by atoms with E-state index in [0.29, 0.717) is 17.5 Å². The van der Waals surface area contributed by atoms with E-state index >= 15 is 0 Å². The fraction of sp³-hybridized carbons (Fsp3) is 0.258. The van der Waals surface area contributed by atoms with E-state index in [1.165, 1.54) is 24.4 Å². The molecule has 8 nitrogen and oxygen atoms in total. The Balaban J connectivity index is 1.51. The molecule has 6 rings (SSSR count). The summed E-state index contributed by atoms with van der Waals surface area (Å²) in [5.41, 5.74) is -0.778. The molecule has 43 heavy (non-hydrogen) atoms. The van der Waals surface area contributed by atoms with Crippen LogP contribution in [0.15, 0.2) is 72.9 Å². The Kier molecular flexibility index (Phi) is 6.76. The van der Waals surface area contributed by atoms with Crippen LogP contribution in [0.4, 0.5) is 29.1 Å². The van der Waals surface area contributed by atoms with Crippen LogP contribution in [0.2, 0.25) is 0 Å². The number of hydrogen-bond donors (Lipinski definition) is 1. The van der Waals surface area contributed by atoms with Gasteiger partial charge < -0.3 is 5.32 Å². The van der Waals surface area contributed by atoms with Gasteiger partial charge in [0.1, 0.15) is 11.9 Å². The third-order valence-electron chi connectivity index (χ3n) is 8.09. The maximum Gasteiger partial charge on any atom is 0.255 e. The standard InChI is InChI=1S/C31H23F4N5O3/c32-23-6-5-21(14-24(23)33)40(28(42)25-7-8-27(41)39(25)26-13-18(17-36)10-12-37-26)31(11-9-19-3-1-2-4-22(19)31)29(43)38-20-15-30(34,35)16-20/h1-8,10,12-14,20,25H,9,11,15-16H2,(H,38,43)/t25-,31+/m0/s1. The lowest BCUT2D eigenvalue weighted by molar-refractivity contribution is -0.137. The number of rotatable bonds is 6. The van der Waals surface area contributed by atoms with E-state index in [4.69, 9.17) is 0 Å². The molecule has 0 unspecified atom stereocenters. The second-order valence-corrected chi connectivity index (χ2v) is 10.8. The number of hydrogen-bond acceptors (Lipinski definition) is 5. The average Bonchev–Trinajstić information content (AvgIpc) is 3.55. The van der Waals surface area contributed by atoms with Crippen molar-refractivity contribution in [3.63, 3.8) is 0 Å². The smallest absolute Gasteiger partial charge is 0.255 e. The number of carbonyl (C=O) groups is 3. The van der Waals surface area contributed by atoms with E-state index in [1.54, 1.807) is 24.3 Å². The van der Waals surface area contributed by atoms with Gasteiger partial charge in [-0.3, -0.25) is 24.2 Å². The number of amides is 3. The Morgan fingerprint density at radius 1 is 1.07 bits per heavy atom. The largest absolute Gasteiger partial charge is 0.351 e. The molecule has 2 aliphatic carbocycles. The first kappa shape index (κ1) is 28.1. The number of alkyl halides is 2. The molecule has 1 saturated carbocycles. The monoisotopic (exact) mass is 589 g/mol.